The average Bonchev–Trinajstić information content (AvgIpc) is 2.81. The minimum atomic E-state index is -0.979. The Balaban J connectivity index is 1.44. The molecule has 2 amide bonds. The summed E-state index contributed by atoms with van der Waals surface area (Å²) in [5.41, 5.74) is 2.37. The Hall–Kier alpha value is -3.74. The lowest BCUT2D eigenvalue weighted by Crippen LogP contribution is -2.52. The van der Waals surface area contributed by atoms with E-state index in [1.165, 1.54) is 0 Å². The molecular weight excluding hydrogens is 426 g/mol. The first-order chi connectivity index (χ1) is 15.9. The molecule has 0 radical (unpaired) electrons. The zero-order valence-electron chi connectivity index (χ0n) is 18.2. The molecule has 5 nitrogen and oxygen atoms in total. The largest absolute Gasteiger partial charge is 0.483 e. The highest BCUT2D eigenvalue weighted by Crippen LogP contribution is 2.25. The number of anilines is 1. The number of hydrogen-bond donors (Lipinski definition) is 1. The number of nitrogens with zero attached hydrogens (tertiary/aromatic N) is 1. The fourth-order valence-corrected chi connectivity index (χ4v) is 3.79. The van der Waals surface area contributed by atoms with Gasteiger partial charge < -0.3 is 15.0 Å². The van der Waals surface area contributed by atoms with Crippen molar-refractivity contribution < 1.29 is 23.1 Å². The molecule has 33 heavy (non-hydrogen) atoms. The maximum Gasteiger partial charge on any atom is 0.252 e. The highest BCUT2D eigenvalue weighted by Gasteiger charge is 2.31. The monoisotopic (exact) mass is 450 g/mol. The molecule has 3 aromatic rings. The van der Waals surface area contributed by atoms with Crippen molar-refractivity contribution in [2.24, 2.45) is 0 Å². The van der Waals surface area contributed by atoms with Gasteiger partial charge in [0.05, 0.1) is 0 Å². The van der Waals surface area contributed by atoms with E-state index in [9.17, 15) is 18.4 Å². The van der Waals surface area contributed by atoms with Crippen molar-refractivity contribution in [1.29, 1.82) is 0 Å². The number of aryl methyl sites for hydroxylation is 1. The van der Waals surface area contributed by atoms with Crippen LogP contribution in [0.3, 0.4) is 0 Å². The highest BCUT2D eigenvalue weighted by atomic mass is 19.1. The Morgan fingerprint density at radius 1 is 1.06 bits per heavy atom. The fraction of sp³-hybridized carbons (Fsp3) is 0.231. The summed E-state index contributed by atoms with van der Waals surface area (Å²) in [6, 6.07) is 17.6. The first kappa shape index (κ1) is 22.5. The van der Waals surface area contributed by atoms with E-state index in [4.69, 9.17) is 4.74 Å². The van der Waals surface area contributed by atoms with Crippen LogP contribution in [0.1, 0.15) is 34.3 Å². The van der Waals surface area contributed by atoms with Crippen LogP contribution in [0.5, 0.6) is 5.75 Å². The molecule has 1 unspecified atom stereocenters. The van der Waals surface area contributed by atoms with Gasteiger partial charge in [-0.1, -0.05) is 48.0 Å². The van der Waals surface area contributed by atoms with E-state index in [1.807, 2.05) is 37.3 Å². The number of benzene rings is 3. The predicted molar refractivity (Wildman–Crippen MR) is 121 cm³/mol. The van der Waals surface area contributed by atoms with Crippen molar-refractivity contribution in [2.45, 2.75) is 32.4 Å². The van der Waals surface area contributed by atoms with E-state index in [-0.39, 0.29) is 18.1 Å². The van der Waals surface area contributed by atoms with Crippen LogP contribution in [0, 0.1) is 18.6 Å². The minimum Gasteiger partial charge on any atom is -0.483 e. The second-order valence-corrected chi connectivity index (χ2v) is 8.04. The van der Waals surface area contributed by atoms with Gasteiger partial charge in [0.1, 0.15) is 12.6 Å². The Morgan fingerprint density at radius 3 is 2.39 bits per heavy atom. The van der Waals surface area contributed by atoms with Gasteiger partial charge in [-0.05, 0) is 49.6 Å². The molecule has 1 aliphatic heterocycles. The van der Waals surface area contributed by atoms with Gasteiger partial charge in [-0.25, -0.2) is 8.78 Å². The molecule has 0 saturated carbocycles. The number of amides is 2. The molecule has 170 valence electrons. The van der Waals surface area contributed by atoms with Crippen LogP contribution in [0.4, 0.5) is 14.5 Å². The number of halogens is 2. The molecular formula is C26H24F2N2O3. The van der Waals surface area contributed by atoms with Crippen LogP contribution < -0.4 is 15.0 Å². The molecule has 0 spiro atoms. The number of nitrogens with one attached hydrogen (secondary N) is 1. The van der Waals surface area contributed by atoms with E-state index < -0.39 is 29.3 Å². The molecule has 1 fully saturated rings. The third kappa shape index (κ3) is 5.19. The summed E-state index contributed by atoms with van der Waals surface area (Å²) in [7, 11) is 0. The molecule has 0 bridgehead atoms. The molecule has 1 heterocycles. The number of hydrogen-bond acceptors (Lipinski definition) is 3. The van der Waals surface area contributed by atoms with E-state index in [0.29, 0.717) is 19.4 Å². The minimum absolute atomic E-state index is 0.00829. The van der Waals surface area contributed by atoms with Crippen molar-refractivity contribution >= 4 is 17.5 Å². The zero-order chi connectivity index (χ0) is 23.4. The first-order valence-corrected chi connectivity index (χ1v) is 10.8. The first-order valence-electron chi connectivity index (χ1n) is 10.8. The third-order valence-electron chi connectivity index (χ3n) is 5.58. The SMILES string of the molecule is Cc1ccc(N2CCCC(NC(=O)c3cc(F)c(OCc4ccccc4)c(F)c3)C2=O)cc1. The number of rotatable bonds is 6. The summed E-state index contributed by atoms with van der Waals surface area (Å²) in [4.78, 5) is 27.2. The molecule has 1 aliphatic rings. The highest BCUT2D eigenvalue weighted by molar-refractivity contribution is 6.02. The second-order valence-electron chi connectivity index (χ2n) is 8.04. The van der Waals surface area contributed by atoms with E-state index in [2.05, 4.69) is 5.32 Å². The van der Waals surface area contributed by atoms with Gasteiger partial charge in [0, 0.05) is 17.8 Å². The molecule has 0 aromatic heterocycles. The smallest absolute Gasteiger partial charge is 0.252 e. The van der Waals surface area contributed by atoms with Gasteiger partial charge in [0.15, 0.2) is 17.4 Å². The summed E-state index contributed by atoms with van der Waals surface area (Å²) >= 11 is 0. The molecule has 7 heteroatoms. The van der Waals surface area contributed by atoms with Crippen LogP contribution in [-0.4, -0.2) is 24.4 Å². The second kappa shape index (κ2) is 9.81. The number of ether oxygens (including phenoxy) is 1. The number of carbonyl (C=O) groups is 2. The van der Waals surface area contributed by atoms with Crippen molar-refractivity contribution in [2.75, 3.05) is 11.4 Å². The molecule has 1 saturated heterocycles. The fourth-order valence-electron chi connectivity index (χ4n) is 3.79. The Labute approximate surface area is 191 Å². The topological polar surface area (TPSA) is 58.6 Å². The van der Waals surface area contributed by atoms with Crippen LogP contribution in [-0.2, 0) is 11.4 Å². The van der Waals surface area contributed by atoms with Gasteiger partial charge in [0.2, 0.25) is 5.91 Å². The van der Waals surface area contributed by atoms with E-state index in [1.54, 1.807) is 29.2 Å². The summed E-state index contributed by atoms with van der Waals surface area (Å²) < 4.78 is 34.3. The molecule has 0 aliphatic carbocycles. The third-order valence-corrected chi connectivity index (χ3v) is 5.58. The lowest BCUT2D eigenvalue weighted by atomic mass is 10.0. The summed E-state index contributed by atoms with van der Waals surface area (Å²) in [6.45, 7) is 2.50. The average molecular weight is 450 g/mol. The van der Waals surface area contributed by atoms with Gasteiger partial charge in [-0.2, -0.15) is 0 Å². The predicted octanol–water partition coefficient (Wildman–Crippen LogP) is 4.78. The lowest BCUT2D eigenvalue weighted by molar-refractivity contribution is -0.121. The zero-order valence-corrected chi connectivity index (χ0v) is 18.2. The maximum atomic E-state index is 14.5. The van der Waals surface area contributed by atoms with Crippen LogP contribution in [0.15, 0.2) is 66.7 Å². The normalized spacial score (nSPS) is 15.9. The molecule has 1 atom stereocenters. The van der Waals surface area contributed by atoms with E-state index in [0.717, 1.165) is 28.9 Å². The molecule has 4 rings (SSSR count). The lowest BCUT2D eigenvalue weighted by Gasteiger charge is -2.32. The quantitative estimate of drug-likeness (QED) is 0.588. The van der Waals surface area contributed by atoms with Gasteiger partial charge in [0.25, 0.3) is 5.91 Å². The Kier molecular flexibility index (Phi) is 6.68. The van der Waals surface area contributed by atoms with Crippen molar-refractivity contribution in [3.63, 3.8) is 0 Å². The van der Waals surface area contributed by atoms with Crippen molar-refractivity contribution in [3.8, 4) is 5.75 Å². The van der Waals surface area contributed by atoms with Gasteiger partial charge in [-0.15, -0.1) is 0 Å². The van der Waals surface area contributed by atoms with E-state index >= 15 is 0 Å². The van der Waals surface area contributed by atoms with Gasteiger partial charge in [-0.3, -0.25) is 9.59 Å². The van der Waals surface area contributed by atoms with Crippen molar-refractivity contribution in [3.05, 3.63) is 95.1 Å². The summed E-state index contributed by atoms with van der Waals surface area (Å²) in [6.07, 6.45) is 1.15. The summed E-state index contributed by atoms with van der Waals surface area (Å²) in [5.74, 6) is -3.47. The van der Waals surface area contributed by atoms with Crippen LogP contribution in [0.2, 0.25) is 0 Å². The number of piperidine rings is 1. The molecule has 1 N–H and O–H groups in total. The number of carbonyl (C=O) groups excluding carboxylic acids is 2. The van der Waals surface area contributed by atoms with Crippen LogP contribution in [0.25, 0.3) is 0 Å². The molecule has 3 aromatic carbocycles. The standard InChI is InChI=1S/C26H24F2N2O3/c1-17-9-11-20(12-10-17)30-13-5-8-23(26(30)32)29-25(31)19-14-21(27)24(22(28)15-19)33-16-18-6-3-2-4-7-18/h2-4,6-7,9-12,14-15,23H,5,8,13,16H2,1H3,(H,29,31). The van der Waals surface area contributed by atoms with Crippen molar-refractivity contribution in [1.82, 2.24) is 5.32 Å². The van der Waals surface area contributed by atoms with Crippen LogP contribution >= 0.6 is 0 Å². The van der Waals surface area contributed by atoms with Gasteiger partial charge >= 0.3 is 0 Å². The Bertz CT molecular complexity index is 1130. The maximum absolute atomic E-state index is 14.5. The Morgan fingerprint density at radius 2 is 1.73 bits per heavy atom. The summed E-state index contributed by atoms with van der Waals surface area (Å²) in [5, 5.41) is 2.62.